The summed E-state index contributed by atoms with van der Waals surface area (Å²) in [7, 11) is 1.31. The first kappa shape index (κ1) is 20.7. The molecule has 1 aliphatic heterocycles. The second kappa shape index (κ2) is 8.15. The molecule has 0 N–H and O–H groups in total. The van der Waals surface area contributed by atoms with E-state index in [1.807, 2.05) is 13.8 Å². The lowest BCUT2D eigenvalue weighted by atomic mass is 10.3. The molecule has 1 heterocycles. The molecule has 1 rings (SSSR count). The predicted octanol–water partition coefficient (Wildman–Crippen LogP) is 4.83. The van der Waals surface area contributed by atoms with Crippen molar-refractivity contribution in [3.63, 3.8) is 0 Å². The van der Waals surface area contributed by atoms with Gasteiger partial charge in [0, 0.05) is 12.4 Å². The van der Waals surface area contributed by atoms with Crippen LogP contribution in [0, 0.1) is 0 Å². The number of nitrogens with zero attached hydrogens (tertiary/aromatic N) is 1. The molecule has 1 fully saturated rings. The van der Waals surface area contributed by atoms with Crippen LogP contribution in [0.25, 0.3) is 0 Å². The number of methoxy groups -OCH3 is 1. The van der Waals surface area contributed by atoms with E-state index in [2.05, 4.69) is 0 Å². The van der Waals surface area contributed by atoms with Gasteiger partial charge in [0.2, 0.25) is 3.79 Å². The van der Waals surface area contributed by atoms with Gasteiger partial charge >= 0.3 is 12.8 Å². The first-order valence-electron chi connectivity index (χ1n) is 6.63. The molecule has 0 aromatic heterocycles. The van der Waals surface area contributed by atoms with E-state index >= 15 is 0 Å². The number of carbonyl (C=O) groups excluding carboxylic acids is 1. The van der Waals surface area contributed by atoms with Gasteiger partial charge in [-0.15, -0.1) is 0 Å². The molecule has 0 spiro atoms. The number of alkyl halides is 3. The quantitative estimate of drug-likeness (QED) is 0.439. The molecule has 130 valence electrons. The summed E-state index contributed by atoms with van der Waals surface area (Å²) in [5.74, 6) is 0. The maximum Gasteiger partial charge on any atom is 0.420 e. The summed E-state index contributed by atoms with van der Waals surface area (Å²) in [5.41, 5.74) is 0. The van der Waals surface area contributed by atoms with Gasteiger partial charge in [-0.05, 0) is 24.7 Å². The van der Waals surface area contributed by atoms with E-state index in [4.69, 9.17) is 48.8 Å². The Hall–Kier alpha value is 0.640. The van der Waals surface area contributed by atoms with Gasteiger partial charge in [0.25, 0.3) is 0 Å². The maximum absolute atomic E-state index is 13.2. The van der Waals surface area contributed by atoms with Crippen molar-refractivity contribution in [2.45, 2.75) is 48.6 Å². The van der Waals surface area contributed by atoms with Crippen molar-refractivity contribution < 1.29 is 23.4 Å². The number of hydrogen-bond donors (Lipinski definition) is 0. The Balaban J connectivity index is 3.17. The lowest BCUT2D eigenvalue weighted by Gasteiger charge is -2.31. The van der Waals surface area contributed by atoms with Crippen LogP contribution >= 0.6 is 52.9 Å². The van der Waals surface area contributed by atoms with Gasteiger partial charge in [-0.25, -0.2) is 4.79 Å². The first-order chi connectivity index (χ1) is 10.1. The highest BCUT2D eigenvalue weighted by Crippen LogP contribution is 2.67. The third-order valence-electron chi connectivity index (χ3n) is 2.92. The Morgan fingerprint density at radius 3 is 2.45 bits per heavy atom. The fourth-order valence-corrected chi connectivity index (χ4v) is 7.26. The van der Waals surface area contributed by atoms with Crippen LogP contribution in [0.3, 0.4) is 0 Å². The van der Waals surface area contributed by atoms with Gasteiger partial charge in [-0.1, -0.05) is 48.7 Å². The van der Waals surface area contributed by atoms with Crippen LogP contribution < -0.4 is 0 Å². The molecule has 0 radical (unpaired) electrons. The van der Waals surface area contributed by atoms with Crippen molar-refractivity contribution in [3.05, 3.63) is 0 Å². The molecule has 0 aliphatic carbocycles. The van der Waals surface area contributed by atoms with Gasteiger partial charge in [0.1, 0.15) is 0 Å². The van der Waals surface area contributed by atoms with Crippen LogP contribution in [0.2, 0.25) is 0 Å². The zero-order valence-corrected chi connectivity index (χ0v) is 16.6. The molecule has 1 amide bonds. The highest BCUT2D eigenvalue weighted by molar-refractivity contribution is 8.56. The molecule has 0 saturated carbocycles. The van der Waals surface area contributed by atoms with Crippen LogP contribution in [0.15, 0.2) is 0 Å². The number of carbonyl (C=O) groups is 1. The lowest BCUT2D eigenvalue weighted by Crippen LogP contribution is -2.41. The fourth-order valence-electron chi connectivity index (χ4n) is 1.75. The lowest BCUT2D eigenvalue weighted by molar-refractivity contribution is -0.00134. The summed E-state index contributed by atoms with van der Waals surface area (Å²) in [5, 5.41) is -0.00509. The number of cyclic esters (lactones) is 1. The maximum atomic E-state index is 13.2. The predicted molar refractivity (Wildman–Crippen MR) is 89.8 cm³/mol. The minimum absolute atomic E-state index is 0.00509. The molecular formula is C11H19Cl3NO5PS. The minimum atomic E-state index is -3.60. The normalized spacial score (nSPS) is 26.7. The topological polar surface area (TPSA) is 65.1 Å². The summed E-state index contributed by atoms with van der Waals surface area (Å²) >= 11 is 18.5. The van der Waals surface area contributed by atoms with Crippen LogP contribution in [0.1, 0.15) is 27.2 Å². The van der Waals surface area contributed by atoms with Crippen molar-refractivity contribution in [1.29, 1.82) is 0 Å². The monoisotopic (exact) mass is 413 g/mol. The number of amides is 1. The van der Waals surface area contributed by atoms with Crippen LogP contribution in [-0.2, 0) is 18.6 Å². The first-order valence-corrected chi connectivity index (χ1v) is 10.8. The molecular weight excluding hydrogens is 396 g/mol. The van der Waals surface area contributed by atoms with Crippen molar-refractivity contribution in [3.8, 4) is 0 Å². The van der Waals surface area contributed by atoms with E-state index in [-0.39, 0.29) is 11.9 Å². The number of halogens is 3. The fraction of sp³-hybridized carbons (Fsp3) is 0.909. The van der Waals surface area contributed by atoms with E-state index in [1.165, 1.54) is 7.11 Å². The Kier molecular flexibility index (Phi) is 7.66. The third-order valence-corrected chi connectivity index (χ3v) is 8.75. The van der Waals surface area contributed by atoms with Gasteiger partial charge < -0.3 is 14.0 Å². The zero-order chi connectivity index (χ0) is 17.1. The molecule has 1 aliphatic rings. The van der Waals surface area contributed by atoms with Crippen LogP contribution in [-0.4, -0.2) is 45.9 Å². The van der Waals surface area contributed by atoms with Crippen molar-refractivity contribution >= 4 is 59.0 Å². The van der Waals surface area contributed by atoms with Crippen molar-refractivity contribution in [2.75, 3.05) is 13.7 Å². The molecule has 1 saturated heterocycles. The largest absolute Gasteiger partial charge is 0.436 e. The number of rotatable bonds is 7. The van der Waals surface area contributed by atoms with Gasteiger partial charge in [0.05, 0.1) is 6.61 Å². The Bertz CT molecular complexity index is 450. The van der Waals surface area contributed by atoms with E-state index < -0.39 is 28.9 Å². The third kappa shape index (κ3) is 4.59. The SMILES string of the molecule is CCOP(=O)(SC(C)CC)N1C(=O)OC(C(Cl)(Cl)Cl)C1OC. The highest BCUT2D eigenvalue weighted by Gasteiger charge is 2.58. The molecule has 22 heavy (non-hydrogen) atoms. The van der Waals surface area contributed by atoms with E-state index in [0.717, 1.165) is 22.5 Å². The van der Waals surface area contributed by atoms with Crippen LogP contribution in [0.4, 0.5) is 4.79 Å². The summed E-state index contributed by atoms with van der Waals surface area (Å²) in [6, 6.07) is 0. The molecule has 0 aromatic rings. The van der Waals surface area contributed by atoms with Crippen LogP contribution in [0.5, 0.6) is 0 Å². The second-order valence-corrected chi connectivity index (χ2v) is 11.6. The summed E-state index contributed by atoms with van der Waals surface area (Å²) < 4.78 is 27.8. The van der Waals surface area contributed by atoms with Gasteiger partial charge in [-0.2, -0.15) is 4.67 Å². The number of ether oxygens (including phenoxy) is 2. The summed E-state index contributed by atoms with van der Waals surface area (Å²) in [4.78, 5) is 12.2. The molecule has 4 atom stereocenters. The molecule has 0 bridgehead atoms. The average Bonchev–Trinajstić information content (AvgIpc) is 2.76. The summed E-state index contributed by atoms with van der Waals surface area (Å²) in [6.07, 6.45) is -2.47. The molecule has 0 aromatic carbocycles. The molecule has 4 unspecified atom stereocenters. The second-order valence-electron chi connectivity index (χ2n) is 4.53. The highest BCUT2D eigenvalue weighted by atomic mass is 35.6. The zero-order valence-electron chi connectivity index (χ0n) is 12.6. The minimum Gasteiger partial charge on any atom is -0.436 e. The molecule has 11 heteroatoms. The number of hydrogen-bond acceptors (Lipinski definition) is 6. The summed E-state index contributed by atoms with van der Waals surface area (Å²) in [6.45, 7) is 2.05. The Morgan fingerprint density at radius 2 is 2.05 bits per heavy atom. The standard InChI is InChI=1S/C11H19Cl3NO5PS/c1-5-7(3)22-21(17,19-6-2)15-9(18-4)8(11(12,13)14)20-10(15)16/h7-9H,5-6H2,1-4H3. The van der Waals surface area contributed by atoms with E-state index in [1.54, 1.807) is 6.92 Å². The molecule has 6 nitrogen and oxygen atoms in total. The smallest absolute Gasteiger partial charge is 0.420 e. The van der Waals surface area contributed by atoms with Gasteiger partial charge in [0.15, 0.2) is 12.3 Å². The van der Waals surface area contributed by atoms with E-state index in [0.29, 0.717) is 0 Å². The Morgan fingerprint density at radius 1 is 1.45 bits per heavy atom. The van der Waals surface area contributed by atoms with Crippen molar-refractivity contribution in [2.24, 2.45) is 0 Å². The van der Waals surface area contributed by atoms with Gasteiger partial charge in [-0.3, -0.25) is 4.57 Å². The van der Waals surface area contributed by atoms with E-state index in [9.17, 15) is 9.36 Å². The Labute approximate surface area is 149 Å². The average molecular weight is 415 g/mol. The van der Waals surface area contributed by atoms with Crippen molar-refractivity contribution in [1.82, 2.24) is 4.67 Å².